The van der Waals surface area contributed by atoms with Crippen molar-refractivity contribution < 1.29 is 23.1 Å². The molecule has 2 aromatic carbocycles. The van der Waals surface area contributed by atoms with Crippen molar-refractivity contribution >= 4 is 64.0 Å². The van der Waals surface area contributed by atoms with Crippen molar-refractivity contribution in [2.75, 3.05) is 6.61 Å². The third-order valence-corrected chi connectivity index (χ3v) is 13.8. The van der Waals surface area contributed by atoms with Crippen LogP contribution in [0.5, 0.6) is 0 Å². The number of hydrogen-bond donors (Lipinski definition) is 3. The predicted molar refractivity (Wildman–Crippen MR) is 258 cm³/mol. The Morgan fingerprint density at radius 1 is 0.758 bits per heavy atom. The molecular formula is C48H60F2N12O3Si. The van der Waals surface area contributed by atoms with Crippen molar-refractivity contribution in [1.82, 2.24) is 59.7 Å². The number of halogens is 2. The van der Waals surface area contributed by atoms with Gasteiger partial charge < -0.3 is 24.9 Å². The lowest BCUT2D eigenvalue weighted by Gasteiger charge is -2.27. The zero-order chi connectivity index (χ0) is 48.0. The molecule has 0 saturated carbocycles. The summed E-state index contributed by atoms with van der Waals surface area (Å²) in [5.41, 5.74) is 6.25. The quantitative estimate of drug-likeness (QED) is 0.0843. The molecule has 8 rings (SSSR count). The fourth-order valence-electron chi connectivity index (χ4n) is 6.97. The molecule has 0 saturated heterocycles. The molecule has 0 spiro atoms. The van der Waals surface area contributed by atoms with E-state index in [-0.39, 0.29) is 53.1 Å². The van der Waals surface area contributed by atoms with Crippen LogP contribution < -0.4 is 10.6 Å². The molecule has 8 aromatic rings. The Labute approximate surface area is 383 Å². The summed E-state index contributed by atoms with van der Waals surface area (Å²) in [5, 5.41) is 16.7. The van der Waals surface area contributed by atoms with Gasteiger partial charge in [-0.2, -0.15) is 10.2 Å². The van der Waals surface area contributed by atoms with Crippen LogP contribution in [0.1, 0.15) is 76.1 Å². The highest BCUT2D eigenvalue weighted by Gasteiger charge is 2.27. The summed E-state index contributed by atoms with van der Waals surface area (Å²) in [6.07, 6.45) is 6.62. The van der Waals surface area contributed by atoms with Gasteiger partial charge in [0.15, 0.2) is 11.3 Å². The summed E-state index contributed by atoms with van der Waals surface area (Å²) in [5.74, 6) is -1.08. The van der Waals surface area contributed by atoms with Gasteiger partial charge in [0.25, 0.3) is 11.8 Å². The number of rotatable bonds is 11. The maximum Gasteiger partial charge on any atom is 0.255 e. The molecule has 0 radical (unpaired) electrons. The first-order valence-corrected chi connectivity index (χ1v) is 25.7. The van der Waals surface area contributed by atoms with E-state index < -0.39 is 8.07 Å². The maximum atomic E-state index is 13.8. The number of fused-ring (bicyclic) bond motifs is 4. The summed E-state index contributed by atoms with van der Waals surface area (Å²) >= 11 is 0. The van der Waals surface area contributed by atoms with Gasteiger partial charge in [-0.25, -0.2) is 28.7 Å². The molecule has 348 valence electrons. The van der Waals surface area contributed by atoms with E-state index in [1.807, 2.05) is 18.4 Å². The number of amides is 2. The van der Waals surface area contributed by atoms with Crippen LogP contribution in [-0.4, -0.2) is 87.6 Å². The number of ether oxygens (including phenoxy) is 1. The van der Waals surface area contributed by atoms with Gasteiger partial charge in [0.05, 0.1) is 34.6 Å². The smallest absolute Gasteiger partial charge is 0.255 e. The van der Waals surface area contributed by atoms with Crippen molar-refractivity contribution in [3.05, 3.63) is 83.9 Å². The minimum absolute atomic E-state index is 0.0225. The number of aromatic amines is 1. The first-order chi connectivity index (χ1) is 30.9. The van der Waals surface area contributed by atoms with Gasteiger partial charge in [0, 0.05) is 64.0 Å². The van der Waals surface area contributed by atoms with E-state index in [9.17, 15) is 18.4 Å². The molecule has 0 unspecified atom stereocenters. The Balaban J connectivity index is 0.000000202. The molecule has 18 heteroatoms. The Hall–Kier alpha value is -6.40. The van der Waals surface area contributed by atoms with Crippen LogP contribution in [0, 0.1) is 22.5 Å². The third-order valence-electron chi connectivity index (χ3n) is 12.1. The maximum absolute atomic E-state index is 13.8. The van der Waals surface area contributed by atoms with E-state index in [0.717, 1.165) is 16.8 Å². The molecule has 3 N–H and O–H groups in total. The van der Waals surface area contributed by atoms with Gasteiger partial charge in [-0.1, -0.05) is 61.2 Å². The van der Waals surface area contributed by atoms with Gasteiger partial charge in [0.1, 0.15) is 52.2 Å². The summed E-state index contributed by atoms with van der Waals surface area (Å²) in [6.45, 7) is 24.3. The van der Waals surface area contributed by atoms with Crippen molar-refractivity contribution in [1.29, 1.82) is 0 Å². The molecule has 0 aliphatic rings. The number of aromatic nitrogens is 10. The highest BCUT2D eigenvalue weighted by atomic mass is 28.3. The third kappa shape index (κ3) is 10.2. The van der Waals surface area contributed by atoms with Crippen LogP contribution in [0.3, 0.4) is 0 Å². The largest absolute Gasteiger partial charge is 0.361 e. The molecule has 0 bridgehead atoms. The molecular weight excluding hydrogens is 859 g/mol. The van der Waals surface area contributed by atoms with E-state index in [0.29, 0.717) is 73.9 Å². The Bertz CT molecular complexity index is 3090. The van der Waals surface area contributed by atoms with Crippen LogP contribution in [0.4, 0.5) is 8.78 Å². The Morgan fingerprint density at radius 3 is 1.77 bits per heavy atom. The van der Waals surface area contributed by atoms with E-state index in [1.165, 1.54) is 24.3 Å². The minimum atomic E-state index is -1.23. The molecule has 0 aliphatic carbocycles. The Morgan fingerprint density at radius 2 is 1.26 bits per heavy atom. The molecule has 0 fully saturated rings. The van der Waals surface area contributed by atoms with Gasteiger partial charge in [0.2, 0.25) is 0 Å². The van der Waals surface area contributed by atoms with Crippen LogP contribution >= 0.6 is 0 Å². The number of carbonyl (C=O) groups excluding carboxylic acids is 2. The lowest BCUT2D eigenvalue weighted by atomic mass is 9.88. The zero-order valence-electron chi connectivity index (χ0n) is 40.1. The lowest BCUT2D eigenvalue weighted by Crippen LogP contribution is -2.41. The Kier molecular flexibility index (Phi) is 13.1. The second-order valence-corrected chi connectivity index (χ2v) is 26.0. The second kappa shape index (κ2) is 18.1. The van der Waals surface area contributed by atoms with Crippen molar-refractivity contribution in [2.45, 2.75) is 99.9 Å². The molecule has 15 nitrogen and oxygen atoms in total. The van der Waals surface area contributed by atoms with E-state index in [4.69, 9.17) is 9.72 Å². The topological polar surface area (TPSA) is 175 Å². The fraction of sp³-hybridized carbons (Fsp3) is 0.417. The lowest BCUT2D eigenvalue weighted by molar-refractivity contribution is 0.0881. The number of nitrogens with zero attached hydrogens (tertiary/aromatic N) is 9. The average Bonchev–Trinajstić information content (AvgIpc) is 4.00. The van der Waals surface area contributed by atoms with Gasteiger partial charge in [-0.15, -0.1) is 0 Å². The summed E-state index contributed by atoms with van der Waals surface area (Å²) in [4.78, 5) is 47.8. The average molecular weight is 919 g/mol. The number of H-pyrrole nitrogens is 1. The molecule has 6 heterocycles. The summed E-state index contributed by atoms with van der Waals surface area (Å²) < 4.78 is 38.5. The van der Waals surface area contributed by atoms with E-state index >= 15 is 0 Å². The van der Waals surface area contributed by atoms with Gasteiger partial charge >= 0.3 is 0 Å². The van der Waals surface area contributed by atoms with Crippen LogP contribution in [0.2, 0.25) is 25.7 Å². The molecule has 0 aliphatic heterocycles. The first-order valence-electron chi connectivity index (χ1n) is 22.0. The number of carbonyl (C=O) groups is 2. The van der Waals surface area contributed by atoms with Crippen LogP contribution in [-0.2, 0) is 25.6 Å². The highest BCUT2D eigenvalue weighted by molar-refractivity contribution is 6.76. The number of benzene rings is 2. The normalized spacial score (nSPS) is 13.3. The highest BCUT2D eigenvalue weighted by Crippen LogP contribution is 2.31. The number of nitrogens with one attached hydrogen (secondary N) is 3. The molecule has 2 atom stereocenters. The van der Waals surface area contributed by atoms with Crippen molar-refractivity contribution in [3.8, 4) is 22.8 Å². The SMILES string of the molecule is C[C@H](NC(=O)c1c[nH]c2ncc(-c3nn(C)c4cc(F)ccc34)nc12)C(C)(C)C.C[C@H](NC(=O)c1cn(COCC[Si](C)(C)C)c2ncc(-c3nn(C)c4cc(F)ccc34)nc12)C(C)(C)C. The van der Waals surface area contributed by atoms with Crippen LogP contribution in [0.25, 0.3) is 66.9 Å². The zero-order valence-corrected chi connectivity index (χ0v) is 41.1. The minimum Gasteiger partial charge on any atom is -0.361 e. The van der Waals surface area contributed by atoms with Gasteiger partial charge in [-0.3, -0.25) is 19.0 Å². The van der Waals surface area contributed by atoms with Crippen molar-refractivity contribution in [2.24, 2.45) is 24.9 Å². The number of hydrogen-bond acceptors (Lipinski definition) is 9. The summed E-state index contributed by atoms with van der Waals surface area (Å²) in [7, 11) is 2.29. The predicted octanol–water partition coefficient (Wildman–Crippen LogP) is 9.42. The monoisotopic (exact) mass is 918 g/mol. The second-order valence-electron chi connectivity index (χ2n) is 20.3. The van der Waals surface area contributed by atoms with E-state index in [1.54, 1.807) is 60.4 Å². The molecule has 66 heavy (non-hydrogen) atoms. The van der Waals surface area contributed by atoms with Crippen LogP contribution in [0.15, 0.2) is 61.2 Å². The molecule has 6 aromatic heterocycles. The first kappa shape index (κ1) is 47.6. The standard InChI is InChI=1S/C27H37FN6O2Si.C21H23FN6O/c1-17(27(2,3)4)30-26(35)20-15-34(16-36-11-12-37(6,7)8)25-24(20)31-21(14-29-25)23-19-10-9-18(28)13-22(19)33(5)32-23;1-11(21(2,3)4)25-20(29)14-9-23-19-18(14)26-15(10-24-19)17-13-7-6-12(22)8-16(13)28(5)27-17/h9-10,13-15,17H,11-12,16H2,1-8H3,(H,30,35);6-11H,1-5H3,(H,23,24)(H,25,29)/t17-;11-/m00/s1. The summed E-state index contributed by atoms with van der Waals surface area (Å²) in [6, 6.07) is 10.0. The van der Waals surface area contributed by atoms with Gasteiger partial charge in [-0.05, 0) is 67.1 Å². The fourth-order valence-corrected chi connectivity index (χ4v) is 7.73. The number of aryl methyl sites for hydroxylation is 2. The van der Waals surface area contributed by atoms with Crippen molar-refractivity contribution in [3.63, 3.8) is 0 Å². The molecule has 2 amide bonds. The van der Waals surface area contributed by atoms with E-state index in [2.05, 4.69) is 102 Å².